The summed E-state index contributed by atoms with van der Waals surface area (Å²) in [5, 5.41) is 8.97. The van der Waals surface area contributed by atoms with Crippen LogP contribution in [0, 0.1) is 11.3 Å². The first-order valence-corrected chi connectivity index (χ1v) is 8.65. The number of hydrogen-bond donors (Lipinski definition) is 1. The van der Waals surface area contributed by atoms with E-state index in [2.05, 4.69) is 4.72 Å². The third-order valence-electron chi connectivity index (χ3n) is 3.28. The third-order valence-corrected chi connectivity index (χ3v) is 4.74. The summed E-state index contributed by atoms with van der Waals surface area (Å²) < 4.78 is 31.8. The quantitative estimate of drug-likeness (QED) is 0.810. The van der Waals surface area contributed by atoms with E-state index in [1.165, 1.54) is 18.2 Å². The highest BCUT2D eigenvalue weighted by Crippen LogP contribution is 2.16. The summed E-state index contributed by atoms with van der Waals surface area (Å²) in [6.45, 7) is 1.19. The molecule has 0 aliphatic rings. The summed E-state index contributed by atoms with van der Waals surface area (Å²) >= 11 is 0. The summed E-state index contributed by atoms with van der Waals surface area (Å²) in [5.74, 6) is -0.704. The van der Waals surface area contributed by atoms with Crippen LogP contribution in [0.1, 0.15) is 24.2 Å². The van der Waals surface area contributed by atoms with Crippen molar-refractivity contribution < 1.29 is 17.9 Å². The van der Waals surface area contributed by atoms with Crippen LogP contribution in [0.3, 0.4) is 0 Å². The van der Waals surface area contributed by atoms with Crippen molar-refractivity contribution in [3.05, 3.63) is 65.7 Å². The predicted molar refractivity (Wildman–Crippen MR) is 87.3 cm³/mol. The van der Waals surface area contributed by atoms with Crippen LogP contribution >= 0.6 is 0 Å². The number of nitrogens with one attached hydrogen (secondary N) is 1. The third kappa shape index (κ3) is 4.41. The maximum atomic E-state index is 12.2. The van der Waals surface area contributed by atoms with Gasteiger partial charge in [0.25, 0.3) is 0 Å². The van der Waals surface area contributed by atoms with Crippen molar-refractivity contribution in [3.8, 4) is 6.07 Å². The Hall–Kier alpha value is -2.69. The van der Waals surface area contributed by atoms with E-state index in [4.69, 9.17) is 10.00 Å². The van der Waals surface area contributed by atoms with Gasteiger partial charge in [-0.15, -0.1) is 0 Å². The van der Waals surface area contributed by atoms with Gasteiger partial charge in [-0.25, -0.2) is 8.42 Å². The van der Waals surface area contributed by atoms with Crippen LogP contribution in [0.4, 0.5) is 0 Å². The molecular formula is C17H16N2O4S. The molecule has 0 aliphatic carbocycles. The highest BCUT2D eigenvalue weighted by Gasteiger charge is 2.20. The Bertz CT molecular complexity index is 858. The minimum absolute atomic E-state index is 0.0102. The molecule has 1 atom stereocenters. The molecule has 7 heteroatoms. The van der Waals surface area contributed by atoms with Crippen molar-refractivity contribution in [1.82, 2.24) is 4.72 Å². The van der Waals surface area contributed by atoms with E-state index in [0.717, 1.165) is 5.56 Å². The molecule has 2 rings (SSSR count). The normalized spacial score (nSPS) is 12.2. The second kappa shape index (κ2) is 7.73. The second-order valence-corrected chi connectivity index (χ2v) is 6.71. The first-order valence-electron chi connectivity index (χ1n) is 7.17. The van der Waals surface area contributed by atoms with Crippen molar-refractivity contribution in [1.29, 1.82) is 5.26 Å². The van der Waals surface area contributed by atoms with E-state index in [0.29, 0.717) is 0 Å². The molecule has 6 nitrogen and oxygen atoms in total. The van der Waals surface area contributed by atoms with Gasteiger partial charge in [-0.05, 0) is 24.6 Å². The molecule has 0 aromatic heterocycles. The summed E-state index contributed by atoms with van der Waals surface area (Å²) in [6, 6.07) is 16.7. The van der Waals surface area contributed by atoms with Gasteiger partial charge >= 0.3 is 5.97 Å². The van der Waals surface area contributed by atoms with Crippen LogP contribution < -0.4 is 4.72 Å². The molecule has 124 valence electrons. The van der Waals surface area contributed by atoms with Crippen LogP contribution in [0.5, 0.6) is 0 Å². The van der Waals surface area contributed by atoms with Crippen molar-refractivity contribution in [2.45, 2.75) is 17.9 Å². The number of rotatable bonds is 6. The molecule has 1 N–H and O–H groups in total. The van der Waals surface area contributed by atoms with Crippen molar-refractivity contribution in [3.63, 3.8) is 0 Å². The lowest BCUT2D eigenvalue weighted by Crippen LogP contribution is -2.31. The van der Waals surface area contributed by atoms with Crippen LogP contribution in [0.2, 0.25) is 0 Å². The van der Waals surface area contributed by atoms with Crippen LogP contribution in [0.25, 0.3) is 0 Å². The Morgan fingerprint density at radius 2 is 1.79 bits per heavy atom. The molecule has 0 bridgehead atoms. The predicted octanol–water partition coefficient (Wildman–Crippen LogP) is 2.14. The fraction of sp³-hybridized carbons (Fsp3) is 0.176. The molecule has 2 aromatic carbocycles. The van der Waals surface area contributed by atoms with Gasteiger partial charge in [0.1, 0.15) is 18.7 Å². The average molecular weight is 344 g/mol. The molecule has 0 amide bonds. The summed E-state index contributed by atoms with van der Waals surface area (Å²) in [7, 11) is -3.97. The van der Waals surface area contributed by atoms with Crippen molar-refractivity contribution in [2.75, 3.05) is 6.54 Å². The molecule has 0 aliphatic heterocycles. The van der Waals surface area contributed by atoms with E-state index in [-0.39, 0.29) is 10.5 Å². The van der Waals surface area contributed by atoms with Crippen molar-refractivity contribution in [2.24, 2.45) is 0 Å². The minimum atomic E-state index is -3.97. The largest absolute Gasteiger partial charge is 0.457 e. The van der Waals surface area contributed by atoms with Gasteiger partial charge in [-0.3, -0.25) is 4.79 Å². The molecular weight excluding hydrogens is 328 g/mol. The van der Waals surface area contributed by atoms with Crippen LogP contribution in [-0.2, 0) is 19.6 Å². The van der Waals surface area contributed by atoms with Gasteiger partial charge in [0, 0.05) is 0 Å². The van der Waals surface area contributed by atoms with Gasteiger partial charge in [-0.1, -0.05) is 42.5 Å². The standard InChI is InChI=1S/C17H16N2O4S/c1-13(14-7-3-2-4-8-14)23-17(20)12-19-24(21,22)16-10-6-5-9-15(16)11-18/h2-10,13,19H,12H2,1H3/t13-/m0/s1. The molecule has 24 heavy (non-hydrogen) atoms. The van der Waals surface area contributed by atoms with E-state index in [9.17, 15) is 13.2 Å². The number of carbonyl (C=O) groups is 1. The molecule has 0 radical (unpaired) electrons. The Morgan fingerprint density at radius 3 is 2.46 bits per heavy atom. The number of esters is 1. The molecule has 0 spiro atoms. The number of sulfonamides is 1. The number of ether oxygens (including phenoxy) is 1. The lowest BCUT2D eigenvalue weighted by atomic mass is 10.1. The number of hydrogen-bond acceptors (Lipinski definition) is 5. The lowest BCUT2D eigenvalue weighted by molar-refractivity contribution is -0.147. The highest BCUT2D eigenvalue weighted by atomic mass is 32.2. The summed E-state index contributed by atoms with van der Waals surface area (Å²) in [6.07, 6.45) is -0.491. The Balaban J connectivity index is 2.00. The summed E-state index contributed by atoms with van der Waals surface area (Å²) in [5.41, 5.74) is 0.819. The van der Waals surface area contributed by atoms with Crippen LogP contribution in [0.15, 0.2) is 59.5 Å². The first-order chi connectivity index (χ1) is 11.4. The zero-order valence-electron chi connectivity index (χ0n) is 13.0. The molecule has 2 aromatic rings. The SMILES string of the molecule is C[C@H](OC(=O)CNS(=O)(=O)c1ccccc1C#N)c1ccccc1. The van der Waals surface area contributed by atoms with Crippen molar-refractivity contribution >= 4 is 16.0 Å². The van der Waals surface area contributed by atoms with Crippen LogP contribution in [-0.4, -0.2) is 20.9 Å². The molecule has 0 unspecified atom stereocenters. The van der Waals surface area contributed by atoms with E-state index in [1.54, 1.807) is 13.0 Å². The van der Waals surface area contributed by atoms with Gasteiger partial charge in [0.05, 0.1) is 10.5 Å². The Kier molecular flexibility index (Phi) is 5.68. The second-order valence-electron chi connectivity index (χ2n) is 4.98. The number of nitriles is 1. The van der Waals surface area contributed by atoms with E-state index in [1.807, 2.05) is 36.4 Å². The summed E-state index contributed by atoms with van der Waals surface area (Å²) in [4.78, 5) is 11.7. The van der Waals surface area contributed by atoms with Gasteiger partial charge in [-0.2, -0.15) is 9.98 Å². The Labute approximate surface area is 140 Å². The molecule has 0 saturated carbocycles. The molecule has 0 saturated heterocycles. The monoisotopic (exact) mass is 344 g/mol. The van der Waals surface area contributed by atoms with E-state index < -0.39 is 28.6 Å². The lowest BCUT2D eigenvalue weighted by Gasteiger charge is -2.14. The van der Waals surface area contributed by atoms with Gasteiger partial charge in [0.2, 0.25) is 10.0 Å². The van der Waals surface area contributed by atoms with Gasteiger partial charge < -0.3 is 4.74 Å². The van der Waals surface area contributed by atoms with Gasteiger partial charge in [0.15, 0.2) is 0 Å². The number of benzene rings is 2. The maximum Gasteiger partial charge on any atom is 0.321 e. The topological polar surface area (TPSA) is 96.3 Å². The van der Waals surface area contributed by atoms with E-state index >= 15 is 0 Å². The first kappa shape index (κ1) is 17.7. The molecule has 0 fully saturated rings. The zero-order valence-corrected chi connectivity index (χ0v) is 13.8. The maximum absolute atomic E-state index is 12.2. The minimum Gasteiger partial charge on any atom is -0.457 e. The fourth-order valence-electron chi connectivity index (χ4n) is 2.06. The smallest absolute Gasteiger partial charge is 0.321 e. The number of nitrogens with zero attached hydrogens (tertiary/aromatic N) is 1. The zero-order chi connectivity index (χ0) is 17.6. The Morgan fingerprint density at radius 1 is 1.17 bits per heavy atom. The highest BCUT2D eigenvalue weighted by molar-refractivity contribution is 7.89. The number of carbonyl (C=O) groups excluding carboxylic acids is 1. The fourth-order valence-corrected chi connectivity index (χ4v) is 3.18. The molecule has 0 heterocycles. The average Bonchev–Trinajstić information content (AvgIpc) is 2.60.